The van der Waals surface area contributed by atoms with Crippen molar-refractivity contribution in [2.24, 2.45) is 0 Å². The van der Waals surface area contributed by atoms with Gasteiger partial charge in [-0.1, -0.05) is 29.7 Å². The highest BCUT2D eigenvalue weighted by Crippen LogP contribution is 2.36. The van der Waals surface area contributed by atoms with E-state index >= 15 is 0 Å². The summed E-state index contributed by atoms with van der Waals surface area (Å²) in [7, 11) is 2.35. The molecule has 0 amide bonds. The number of rotatable bonds is 6. The highest BCUT2D eigenvalue weighted by atomic mass is 32.2. The molecule has 1 fully saturated rings. The molecule has 0 bridgehead atoms. The van der Waals surface area contributed by atoms with E-state index in [1.807, 2.05) is 0 Å². The standard InChI is InChI=1S/C23H27BN6O3S/c1-16(2)29-10-8-28(9-11-29)15-22-26-27-23(33-22)19-12-17(24)13-21-20(19)14-25-30(21)34(31,32)18-6-4-3-5-7-18/h3-7,12-13,16,25H,8-11,14-15H2,1-2H3. The first kappa shape index (κ1) is 23.0. The van der Waals surface area contributed by atoms with E-state index in [9.17, 15) is 8.42 Å². The van der Waals surface area contributed by atoms with Crippen LogP contribution in [-0.4, -0.2) is 68.5 Å². The second-order valence-corrected chi connectivity index (χ2v) is 10.7. The van der Waals surface area contributed by atoms with Gasteiger partial charge in [0.15, 0.2) is 0 Å². The summed E-state index contributed by atoms with van der Waals surface area (Å²) >= 11 is 0. The summed E-state index contributed by atoms with van der Waals surface area (Å²) in [5, 5.41) is 8.50. The van der Waals surface area contributed by atoms with Crippen molar-refractivity contribution < 1.29 is 12.8 Å². The van der Waals surface area contributed by atoms with Gasteiger partial charge >= 0.3 is 0 Å². The van der Waals surface area contributed by atoms with Crippen LogP contribution in [0.2, 0.25) is 0 Å². The van der Waals surface area contributed by atoms with Gasteiger partial charge < -0.3 is 4.42 Å². The molecule has 0 unspecified atom stereocenters. The molecular weight excluding hydrogens is 451 g/mol. The summed E-state index contributed by atoms with van der Waals surface area (Å²) < 4.78 is 33.6. The summed E-state index contributed by atoms with van der Waals surface area (Å²) in [6.45, 7) is 9.22. The van der Waals surface area contributed by atoms with Crippen LogP contribution in [0.1, 0.15) is 25.3 Å². The molecule has 1 aromatic heterocycles. The number of piperazine rings is 1. The lowest BCUT2D eigenvalue weighted by Crippen LogP contribution is -2.48. The number of hydrazine groups is 1. The van der Waals surface area contributed by atoms with E-state index in [0.29, 0.717) is 47.6 Å². The van der Waals surface area contributed by atoms with Crippen molar-refractivity contribution in [3.8, 4) is 11.5 Å². The third-order valence-electron chi connectivity index (χ3n) is 6.34. The molecule has 176 valence electrons. The van der Waals surface area contributed by atoms with Crippen LogP contribution >= 0.6 is 0 Å². The summed E-state index contributed by atoms with van der Waals surface area (Å²) in [4.78, 5) is 4.95. The van der Waals surface area contributed by atoms with Crippen molar-refractivity contribution in [2.75, 3.05) is 30.6 Å². The lowest BCUT2D eigenvalue weighted by Gasteiger charge is -2.36. The Hall–Kier alpha value is -2.73. The van der Waals surface area contributed by atoms with E-state index in [-0.39, 0.29) is 4.90 Å². The molecule has 2 aromatic carbocycles. The average molecular weight is 478 g/mol. The van der Waals surface area contributed by atoms with Crippen LogP contribution in [0.5, 0.6) is 0 Å². The maximum Gasteiger partial charge on any atom is 0.277 e. The molecule has 0 saturated carbocycles. The minimum absolute atomic E-state index is 0.192. The fourth-order valence-corrected chi connectivity index (χ4v) is 5.81. The van der Waals surface area contributed by atoms with Crippen molar-refractivity contribution in [3.63, 3.8) is 0 Å². The van der Waals surface area contributed by atoms with E-state index in [1.165, 1.54) is 4.41 Å². The number of fused-ring (bicyclic) bond motifs is 1. The zero-order valence-corrected chi connectivity index (χ0v) is 20.1. The predicted molar refractivity (Wildman–Crippen MR) is 130 cm³/mol. The summed E-state index contributed by atoms with van der Waals surface area (Å²) in [5.74, 6) is 0.865. The Labute approximate surface area is 201 Å². The third kappa shape index (κ3) is 4.36. The van der Waals surface area contributed by atoms with Crippen LogP contribution in [0.15, 0.2) is 51.8 Å². The molecular formula is C23H27BN6O3S. The van der Waals surface area contributed by atoms with E-state index in [4.69, 9.17) is 12.3 Å². The zero-order chi connectivity index (χ0) is 23.9. The minimum atomic E-state index is -3.80. The van der Waals surface area contributed by atoms with Crippen molar-refractivity contribution in [3.05, 3.63) is 53.9 Å². The molecule has 9 nitrogen and oxygen atoms in total. The molecule has 0 atom stereocenters. The van der Waals surface area contributed by atoms with Crippen molar-refractivity contribution in [2.45, 2.75) is 37.9 Å². The number of nitrogens with one attached hydrogen (secondary N) is 1. The maximum atomic E-state index is 13.2. The first-order chi connectivity index (χ1) is 16.3. The lowest BCUT2D eigenvalue weighted by molar-refractivity contribution is 0.0979. The summed E-state index contributed by atoms with van der Waals surface area (Å²) in [6.07, 6.45) is 0. The molecule has 11 heteroatoms. The molecule has 0 spiro atoms. The molecule has 5 rings (SSSR count). The van der Waals surface area contributed by atoms with E-state index in [1.54, 1.807) is 42.5 Å². The Morgan fingerprint density at radius 1 is 1.09 bits per heavy atom. The number of sulfonamides is 1. The highest BCUT2D eigenvalue weighted by molar-refractivity contribution is 7.92. The van der Waals surface area contributed by atoms with Gasteiger partial charge in [0.05, 0.1) is 17.1 Å². The smallest absolute Gasteiger partial charge is 0.277 e. The normalized spacial score (nSPS) is 17.4. The van der Waals surface area contributed by atoms with Crippen molar-refractivity contribution >= 4 is 29.0 Å². The molecule has 1 N–H and O–H groups in total. The number of anilines is 1. The molecule has 2 aliphatic rings. The van der Waals surface area contributed by atoms with Gasteiger partial charge in [-0.3, -0.25) is 9.80 Å². The number of nitrogens with zero attached hydrogens (tertiary/aromatic N) is 5. The summed E-state index contributed by atoms with van der Waals surface area (Å²) in [6, 6.07) is 12.2. The Morgan fingerprint density at radius 2 is 1.82 bits per heavy atom. The van der Waals surface area contributed by atoms with Gasteiger partial charge in [0.1, 0.15) is 7.85 Å². The predicted octanol–water partition coefficient (Wildman–Crippen LogP) is 1.27. The van der Waals surface area contributed by atoms with Gasteiger partial charge in [-0.25, -0.2) is 5.43 Å². The Balaban J connectivity index is 1.39. The van der Waals surface area contributed by atoms with Gasteiger partial charge in [-0.15, -0.1) is 10.2 Å². The van der Waals surface area contributed by atoms with Crippen LogP contribution in [0.25, 0.3) is 11.5 Å². The molecule has 1 saturated heterocycles. The van der Waals surface area contributed by atoms with E-state index in [2.05, 4.69) is 39.3 Å². The number of hydrogen-bond acceptors (Lipinski definition) is 8. The number of benzene rings is 2. The molecule has 2 aliphatic heterocycles. The second-order valence-electron chi connectivity index (χ2n) is 8.89. The fraction of sp³-hybridized carbons (Fsp3) is 0.391. The van der Waals surface area contributed by atoms with Crippen LogP contribution in [0.4, 0.5) is 5.69 Å². The van der Waals surface area contributed by atoms with Crippen LogP contribution in [0, 0.1) is 0 Å². The molecule has 0 aliphatic carbocycles. The van der Waals surface area contributed by atoms with Crippen molar-refractivity contribution in [1.29, 1.82) is 0 Å². The van der Waals surface area contributed by atoms with Gasteiger partial charge in [0.25, 0.3) is 10.0 Å². The van der Waals surface area contributed by atoms with Crippen LogP contribution in [-0.2, 0) is 23.1 Å². The first-order valence-corrected chi connectivity index (χ1v) is 12.8. The molecule has 3 aromatic rings. The number of hydrogen-bond donors (Lipinski definition) is 1. The molecule has 34 heavy (non-hydrogen) atoms. The first-order valence-electron chi connectivity index (χ1n) is 11.4. The van der Waals surface area contributed by atoms with Gasteiger partial charge in [0.2, 0.25) is 11.8 Å². The Kier molecular flexibility index (Phi) is 6.19. The minimum Gasteiger partial charge on any atom is -0.419 e. The topological polar surface area (TPSA) is 94.8 Å². The fourth-order valence-electron chi connectivity index (χ4n) is 4.44. The Morgan fingerprint density at radius 3 is 2.53 bits per heavy atom. The molecule has 2 radical (unpaired) electrons. The largest absolute Gasteiger partial charge is 0.419 e. The van der Waals surface area contributed by atoms with Gasteiger partial charge in [-0.05, 0) is 32.0 Å². The van der Waals surface area contributed by atoms with E-state index in [0.717, 1.165) is 31.7 Å². The van der Waals surface area contributed by atoms with Gasteiger partial charge in [0, 0.05) is 49.9 Å². The zero-order valence-electron chi connectivity index (χ0n) is 19.3. The monoisotopic (exact) mass is 478 g/mol. The van der Waals surface area contributed by atoms with Crippen LogP contribution in [0.3, 0.4) is 0 Å². The Bertz CT molecular complexity index is 1270. The lowest BCUT2D eigenvalue weighted by atomic mass is 9.91. The quantitative estimate of drug-likeness (QED) is 0.530. The second kappa shape index (κ2) is 9.14. The number of aromatic nitrogens is 2. The maximum absolute atomic E-state index is 13.2. The third-order valence-corrected chi connectivity index (χ3v) is 8.02. The SMILES string of the molecule is [B]c1cc(-c2nnc(CN3CCN(C(C)C)CC3)o2)c2c(c1)N(S(=O)(=O)c1ccccc1)NC2. The van der Waals surface area contributed by atoms with Gasteiger partial charge in [-0.2, -0.15) is 12.8 Å². The highest BCUT2D eigenvalue weighted by Gasteiger charge is 2.33. The van der Waals surface area contributed by atoms with Crippen molar-refractivity contribution in [1.82, 2.24) is 25.4 Å². The summed E-state index contributed by atoms with van der Waals surface area (Å²) in [5.41, 5.74) is 5.23. The van der Waals surface area contributed by atoms with Crippen LogP contribution < -0.4 is 15.3 Å². The average Bonchev–Trinajstić information content (AvgIpc) is 3.47. The van der Waals surface area contributed by atoms with E-state index < -0.39 is 10.0 Å². The molecule has 3 heterocycles.